The van der Waals surface area contributed by atoms with Gasteiger partial charge in [-0.05, 0) is 55.7 Å². The first-order chi connectivity index (χ1) is 13.9. The van der Waals surface area contributed by atoms with Crippen LogP contribution in [0.2, 0.25) is 5.02 Å². The van der Waals surface area contributed by atoms with E-state index < -0.39 is 12.0 Å². The molecule has 0 radical (unpaired) electrons. The number of aliphatic hydroxyl groups is 1. The molecule has 2 aromatic carbocycles. The van der Waals surface area contributed by atoms with E-state index in [1.54, 1.807) is 19.2 Å². The fraction of sp³-hybridized carbons (Fsp3) is 0.409. The highest BCUT2D eigenvalue weighted by atomic mass is 35.5. The molecular weight excluding hydrogens is 394 g/mol. The third-order valence-electron chi connectivity index (χ3n) is 4.06. The van der Waals surface area contributed by atoms with Gasteiger partial charge in [0.05, 0.1) is 26.4 Å². The van der Waals surface area contributed by atoms with Crippen molar-refractivity contribution in [2.24, 2.45) is 0 Å². The fourth-order valence-corrected chi connectivity index (χ4v) is 2.74. The summed E-state index contributed by atoms with van der Waals surface area (Å²) in [5.41, 5.74) is 1.91. The van der Waals surface area contributed by atoms with Crippen LogP contribution in [0, 0.1) is 0 Å². The Morgan fingerprint density at radius 2 is 1.79 bits per heavy atom. The Kier molecular flexibility index (Phi) is 9.25. The van der Waals surface area contributed by atoms with Crippen molar-refractivity contribution in [2.75, 3.05) is 20.3 Å². The van der Waals surface area contributed by atoms with Gasteiger partial charge < -0.3 is 24.6 Å². The van der Waals surface area contributed by atoms with Crippen molar-refractivity contribution >= 4 is 17.5 Å². The molecule has 7 heteroatoms. The van der Waals surface area contributed by atoms with Gasteiger partial charge in [0.25, 0.3) is 5.91 Å². The highest BCUT2D eigenvalue weighted by Gasteiger charge is 2.15. The number of nitrogens with one attached hydrogen (secondary N) is 1. The lowest BCUT2D eigenvalue weighted by molar-refractivity contribution is -0.132. The van der Waals surface area contributed by atoms with Gasteiger partial charge in [0.1, 0.15) is 0 Å². The number of hydrogen-bond acceptors (Lipinski definition) is 5. The summed E-state index contributed by atoms with van der Waals surface area (Å²) in [5.74, 6) is 0.870. The number of aliphatic hydroxyl groups excluding tert-OH is 1. The van der Waals surface area contributed by atoms with E-state index >= 15 is 0 Å². The largest absolute Gasteiger partial charge is 0.493 e. The molecule has 0 aliphatic rings. The van der Waals surface area contributed by atoms with E-state index in [9.17, 15) is 9.90 Å². The van der Waals surface area contributed by atoms with Crippen LogP contribution >= 0.6 is 11.6 Å². The number of halogens is 1. The highest BCUT2D eigenvalue weighted by Crippen LogP contribution is 2.29. The molecule has 158 valence electrons. The fourth-order valence-electron chi connectivity index (χ4n) is 2.61. The van der Waals surface area contributed by atoms with Gasteiger partial charge in [0.15, 0.2) is 17.6 Å². The van der Waals surface area contributed by atoms with Crippen LogP contribution in [0.3, 0.4) is 0 Å². The summed E-state index contributed by atoms with van der Waals surface area (Å²) < 4.78 is 16.5. The van der Waals surface area contributed by atoms with Crippen molar-refractivity contribution in [2.45, 2.75) is 39.1 Å². The van der Waals surface area contributed by atoms with E-state index in [0.717, 1.165) is 11.1 Å². The highest BCUT2D eigenvalue weighted by molar-refractivity contribution is 6.30. The van der Waals surface area contributed by atoms with Crippen molar-refractivity contribution in [1.82, 2.24) is 5.32 Å². The van der Waals surface area contributed by atoms with Crippen molar-refractivity contribution in [3.8, 4) is 11.5 Å². The summed E-state index contributed by atoms with van der Waals surface area (Å²) in [4.78, 5) is 12.0. The van der Waals surface area contributed by atoms with Crippen LogP contribution in [0.1, 0.15) is 25.0 Å². The zero-order valence-corrected chi connectivity index (χ0v) is 17.7. The third kappa shape index (κ3) is 7.93. The summed E-state index contributed by atoms with van der Waals surface area (Å²) in [6, 6.07) is 12.9. The molecule has 2 aromatic rings. The van der Waals surface area contributed by atoms with Gasteiger partial charge in [-0.3, -0.25) is 4.79 Å². The SMILES string of the molecule is COc1cc(CCNC(=O)[C@@H](O)COCc2ccc(Cl)cc2)ccc1OC(C)C. The van der Waals surface area contributed by atoms with Crippen LogP contribution in [-0.4, -0.2) is 43.5 Å². The van der Waals surface area contributed by atoms with E-state index in [1.807, 2.05) is 44.2 Å². The second-order valence-electron chi connectivity index (χ2n) is 6.85. The molecule has 0 unspecified atom stereocenters. The predicted octanol–water partition coefficient (Wildman–Crippen LogP) is 3.37. The Balaban J connectivity index is 1.73. The molecule has 0 fully saturated rings. The number of methoxy groups -OCH3 is 1. The van der Waals surface area contributed by atoms with Gasteiger partial charge in [-0.1, -0.05) is 29.8 Å². The van der Waals surface area contributed by atoms with Crippen molar-refractivity contribution in [3.63, 3.8) is 0 Å². The van der Waals surface area contributed by atoms with Crippen molar-refractivity contribution in [3.05, 3.63) is 58.6 Å². The minimum absolute atomic E-state index is 0.0532. The maximum absolute atomic E-state index is 12.0. The molecule has 1 amide bonds. The van der Waals surface area contributed by atoms with Crippen LogP contribution in [0.25, 0.3) is 0 Å². The van der Waals surface area contributed by atoms with Gasteiger partial charge in [-0.2, -0.15) is 0 Å². The number of ether oxygens (including phenoxy) is 3. The minimum atomic E-state index is -1.22. The Morgan fingerprint density at radius 1 is 1.10 bits per heavy atom. The smallest absolute Gasteiger partial charge is 0.251 e. The maximum Gasteiger partial charge on any atom is 0.251 e. The number of benzene rings is 2. The van der Waals surface area contributed by atoms with E-state index in [-0.39, 0.29) is 12.7 Å². The molecular formula is C22H28ClNO5. The molecule has 0 saturated heterocycles. The number of rotatable bonds is 11. The average Bonchev–Trinajstić information content (AvgIpc) is 2.69. The summed E-state index contributed by atoms with van der Waals surface area (Å²) in [5, 5.41) is 13.3. The molecule has 0 bridgehead atoms. The first-order valence-corrected chi connectivity index (χ1v) is 9.88. The predicted molar refractivity (Wildman–Crippen MR) is 113 cm³/mol. The Labute approximate surface area is 176 Å². The van der Waals surface area contributed by atoms with Crippen LogP contribution < -0.4 is 14.8 Å². The summed E-state index contributed by atoms with van der Waals surface area (Å²) in [6.45, 7) is 4.51. The van der Waals surface area contributed by atoms with E-state index in [4.69, 9.17) is 25.8 Å². The molecule has 0 spiro atoms. The number of carbonyl (C=O) groups is 1. The molecule has 2 N–H and O–H groups in total. The van der Waals surface area contributed by atoms with Gasteiger partial charge in [-0.15, -0.1) is 0 Å². The first-order valence-electron chi connectivity index (χ1n) is 9.50. The van der Waals surface area contributed by atoms with E-state index in [1.165, 1.54) is 0 Å². The molecule has 1 atom stereocenters. The van der Waals surface area contributed by atoms with E-state index in [2.05, 4.69) is 5.32 Å². The minimum Gasteiger partial charge on any atom is -0.493 e. The maximum atomic E-state index is 12.0. The lowest BCUT2D eigenvalue weighted by Crippen LogP contribution is -2.38. The van der Waals surface area contributed by atoms with Crippen LogP contribution in [0.5, 0.6) is 11.5 Å². The molecule has 2 rings (SSSR count). The second-order valence-corrected chi connectivity index (χ2v) is 7.29. The molecule has 6 nitrogen and oxygen atoms in total. The monoisotopic (exact) mass is 421 g/mol. The number of hydrogen-bond donors (Lipinski definition) is 2. The molecule has 0 aromatic heterocycles. The molecule has 0 aliphatic heterocycles. The van der Waals surface area contributed by atoms with Gasteiger partial charge in [0.2, 0.25) is 0 Å². The lowest BCUT2D eigenvalue weighted by atomic mass is 10.1. The molecule has 29 heavy (non-hydrogen) atoms. The molecule has 0 saturated carbocycles. The van der Waals surface area contributed by atoms with Gasteiger partial charge in [0, 0.05) is 11.6 Å². The Bertz CT molecular complexity index is 779. The third-order valence-corrected chi connectivity index (χ3v) is 4.32. The topological polar surface area (TPSA) is 77.0 Å². The Hall–Kier alpha value is -2.28. The lowest BCUT2D eigenvalue weighted by Gasteiger charge is -2.15. The summed E-state index contributed by atoms with van der Waals surface area (Å²) >= 11 is 5.83. The summed E-state index contributed by atoms with van der Waals surface area (Å²) in [6.07, 6.45) is -0.571. The zero-order valence-electron chi connectivity index (χ0n) is 17.0. The normalized spacial score (nSPS) is 11.9. The van der Waals surface area contributed by atoms with Gasteiger partial charge in [-0.25, -0.2) is 0 Å². The van der Waals surface area contributed by atoms with Gasteiger partial charge >= 0.3 is 0 Å². The van der Waals surface area contributed by atoms with Crippen molar-refractivity contribution in [1.29, 1.82) is 0 Å². The van der Waals surface area contributed by atoms with Crippen molar-refractivity contribution < 1.29 is 24.1 Å². The quantitative estimate of drug-likeness (QED) is 0.581. The number of amides is 1. The molecule has 0 aliphatic carbocycles. The van der Waals surface area contributed by atoms with Crippen LogP contribution in [0.4, 0.5) is 0 Å². The first kappa shape index (κ1) is 23.0. The van der Waals surface area contributed by atoms with Crippen LogP contribution in [0.15, 0.2) is 42.5 Å². The second kappa shape index (κ2) is 11.7. The standard InChI is InChI=1S/C22H28ClNO5/c1-15(2)29-20-9-6-16(12-21(20)27-3)10-11-24-22(26)19(25)14-28-13-17-4-7-18(23)8-5-17/h4-9,12,15,19,25H,10-11,13-14H2,1-3H3,(H,24,26)/t19-/m0/s1. The molecule has 0 heterocycles. The number of carbonyl (C=O) groups excluding carboxylic acids is 1. The van der Waals surface area contributed by atoms with E-state index in [0.29, 0.717) is 36.1 Å². The zero-order chi connectivity index (χ0) is 21.2. The summed E-state index contributed by atoms with van der Waals surface area (Å²) in [7, 11) is 1.59. The Morgan fingerprint density at radius 3 is 2.45 bits per heavy atom. The van der Waals surface area contributed by atoms with Crippen LogP contribution in [-0.2, 0) is 22.6 Å². The average molecular weight is 422 g/mol.